The Hall–Kier alpha value is -2.37. The van der Waals surface area contributed by atoms with Crippen molar-refractivity contribution in [2.45, 2.75) is 32.2 Å². The Balaban J connectivity index is 2.00. The lowest BCUT2D eigenvalue weighted by molar-refractivity contribution is 0.323. The summed E-state index contributed by atoms with van der Waals surface area (Å²) in [4.78, 5) is 4.52. The lowest BCUT2D eigenvalue weighted by Gasteiger charge is -2.29. The van der Waals surface area contributed by atoms with Crippen LogP contribution in [0.3, 0.4) is 0 Å². The number of aromatic nitrogens is 4. The fourth-order valence-electron chi connectivity index (χ4n) is 2.90. The molecule has 0 amide bonds. The number of hydrogen-bond acceptors (Lipinski definition) is 3. The highest BCUT2D eigenvalue weighted by Crippen LogP contribution is 2.38. The Morgan fingerprint density at radius 2 is 1.91 bits per heavy atom. The SMILES string of the molecule is Cc1cc(-c2nc3cc(F)c(F)cc3n2C2CCC2)cnn1. The third kappa shape index (κ3) is 1.98. The normalized spacial score (nSPS) is 15.2. The van der Waals surface area contributed by atoms with E-state index in [9.17, 15) is 8.78 Å². The van der Waals surface area contributed by atoms with Crippen LogP contribution in [0.2, 0.25) is 0 Å². The molecule has 1 aromatic carbocycles. The molecule has 1 fully saturated rings. The molecule has 3 aromatic rings. The highest BCUT2D eigenvalue weighted by atomic mass is 19.2. The second-order valence-corrected chi connectivity index (χ2v) is 5.73. The van der Waals surface area contributed by atoms with Crippen LogP contribution in [0.25, 0.3) is 22.4 Å². The van der Waals surface area contributed by atoms with Crippen LogP contribution in [0.4, 0.5) is 8.78 Å². The smallest absolute Gasteiger partial charge is 0.161 e. The van der Waals surface area contributed by atoms with E-state index in [0.29, 0.717) is 16.9 Å². The van der Waals surface area contributed by atoms with E-state index in [1.165, 1.54) is 6.07 Å². The van der Waals surface area contributed by atoms with Gasteiger partial charge < -0.3 is 4.57 Å². The first kappa shape index (κ1) is 13.3. The van der Waals surface area contributed by atoms with Crippen molar-refractivity contribution in [3.8, 4) is 11.4 Å². The van der Waals surface area contributed by atoms with Gasteiger partial charge in [-0.3, -0.25) is 0 Å². The van der Waals surface area contributed by atoms with Crippen molar-refractivity contribution in [3.63, 3.8) is 0 Å². The summed E-state index contributed by atoms with van der Waals surface area (Å²) in [5, 5.41) is 7.91. The maximum atomic E-state index is 13.7. The zero-order valence-corrected chi connectivity index (χ0v) is 12.1. The van der Waals surface area contributed by atoms with Gasteiger partial charge in [0.15, 0.2) is 11.6 Å². The third-order valence-corrected chi connectivity index (χ3v) is 4.21. The van der Waals surface area contributed by atoms with E-state index in [0.717, 1.165) is 36.6 Å². The molecule has 2 aromatic heterocycles. The van der Waals surface area contributed by atoms with Crippen molar-refractivity contribution >= 4 is 11.0 Å². The summed E-state index contributed by atoms with van der Waals surface area (Å²) in [5.74, 6) is -1.02. The van der Waals surface area contributed by atoms with E-state index in [1.807, 2.05) is 17.6 Å². The topological polar surface area (TPSA) is 43.6 Å². The predicted molar refractivity (Wildman–Crippen MR) is 78.3 cm³/mol. The van der Waals surface area contributed by atoms with Crippen LogP contribution in [0.15, 0.2) is 24.4 Å². The maximum Gasteiger partial charge on any atom is 0.161 e. The molecular formula is C16H14F2N4. The van der Waals surface area contributed by atoms with Crippen molar-refractivity contribution in [1.29, 1.82) is 0 Å². The minimum Gasteiger partial charge on any atom is -0.321 e. The van der Waals surface area contributed by atoms with Gasteiger partial charge >= 0.3 is 0 Å². The van der Waals surface area contributed by atoms with Crippen LogP contribution in [-0.4, -0.2) is 19.7 Å². The van der Waals surface area contributed by atoms with Gasteiger partial charge in [-0.15, -0.1) is 0 Å². The Labute approximate surface area is 125 Å². The molecule has 4 nitrogen and oxygen atoms in total. The molecule has 0 spiro atoms. The van der Waals surface area contributed by atoms with Crippen molar-refractivity contribution in [3.05, 3.63) is 41.7 Å². The molecule has 0 saturated heterocycles. The summed E-state index contributed by atoms with van der Waals surface area (Å²) in [6, 6.07) is 4.56. The van der Waals surface area contributed by atoms with E-state index < -0.39 is 11.6 Å². The van der Waals surface area contributed by atoms with Gasteiger partial charge in [-0.2, -0.15) is 10.2 Å². The zero-order chi connectivity index (χ0) is 15.3. The summed E-state index contributed by atoms with van der Waals surface area (Å²) in [6.45, 7) is 1.85. The van der Waals surface area contributed by atoms with Crippen LogP contribution < -0.4 is 0 Å². The minimum absolute atomic E-state index is 0.276. The standard InChI is InChI=1S/C16H14F2N4/c1-9-5-10(8-19-21-9)16-20-14-6-12(17)13(18)7-15(14)22(16)11-3-2-4-11/h5-8,11H,2-4H2,1H3. The fraction of sp³-hybridized carbons (Fsp3) is 0.312. The molecule has 1 aliphatic carbocycles. The molecule has 6 heteroatoms. The molecule has 0 bridgehead atoms. The number of halogens is 2. The average Bonchev–Trinajstić information content (AvgIpc) is 2.77. The molecule has 2 heterocycles. The van der Waals surface area contributed by atoms with Crippen LogP contribution in [0.5, 0.6) is 0 Å². The fourth-order valence-corrected chi connectivity index (χ4v) is 2.90. The molecule has 22 heavy (non-hydrogen) atoms. The highest BCUT2D eigenvalue weighted by molar-refractivity contribution is 5.81. The molecule has 0 unspecified atom stereocenters. The largest absolute Gasteiger partial charge is 0.321 e. The Morgan fingerprint density at radius 3 is 2.59 bits per heavy atom. The van der Waals surface area contributed by atoms with Gasteiger partial charge in [-0.05, 0) is 32.3 Å². The molecule has 0 radical (unpaired) electrons. The van der Waals surface area contributed by atoms with Crippen molar-refractivity contribution in [1.82, 2.24) is 19.7 Å². The van der Waals surface area contributed by atoms with Crippen LogP contribution in [0.1, 0.15) is 31.0 Å². The molecule has 1 saturated carbocycles. The van der Waals surface area contributed by atoms with Gasteiger partial charge in [0.25, 0.3) is 0 Å². The number of nitrogens with zero attached hydrogens (tertiary/aromatic N) is 4. The molecular weight excluding hydrogens is 286 g/mol. The van der Waals surface area contributed by atoms with Gasteiger partial charge in [0.2, 0.25) is 0 Å². The van der Waals surface area contributed by atoms with E-state index in [1.54, 1.807) is 6.20 Å². The number of hydrogen-bond donors (Lipinski definition) is 0. The molecule has 4 rings (SSSR count). The first-order valence-electron chi connectivity index (χ1n) is 7.30. The van der Waals surface area contributed by atoms with E-state index in [-0.39, 0.29) is 6.04 Å². The second-order valence-electron chi connectivity index (χ2n) is 5.73. The van der Waals surface area contributed by atoms with Crippen LogP contribution >= 0.6 is 0 Å². The number of imidazole rings is 1. The van der Waals surface area contributed by atoms with Crippen molar-refractivity contribution < 1.29 is 8.78 Å². The van der Waals surface area contributed by atoms with Gasteiger partial charge in [0.05, 0.1) is 22.9 Å². The molecule has 0 aliphatic heterocycles. The Morgan fingerprint density at radius 1 is 1.14 bits per heavy atom. The van der Waals surface area contributed by atoms with Crippen molar-refractivity contribution in [2.24, 2.45) is 0 Å². The number of rotatable bonds is 2. The number of aryl methyl sites for hydroxylation is 1. The van der Waals surface area contributed by atoms with Crippen LogP contribution in [-0.2, 0) is 0 Å². The number of benzene rings is 1. The number of fused-ring (bicyclic) bond motifs is 1. The highest BCUT2D eigenvalue weighted by Gasteiger charge is 2.26. The summed E-state index contributed by atoms with van der Waals surface area (Å²) >= 11 is 0. The molecule has 0 atom stereocenters. The molecule has 0 N–H and O–H groups in total. The lowest BCUT2D eigenvalue weighted by atomic mass is 9.92. The molecule has 1 aliphatic rings. The first-order chi connectivity index (χ1) is 10.6. The van der Waals surface area contributed by atoms with E-state index in [4.69, 9.17) is 0 Å². The first-order valence-corrected chi connectivity index (χ1v) is 7.30. The summed E-state index contributed by atoms with van der Waals surface area (Å²) < 4.78 is 29.2. The minimum atomic E-state index is -0.874. The summed E-state index contributed by atoms with van der Waals surface area (Å²) in [7, 11) is 0. The summed E-state index contributed by atoms with van der Waals surface area (Å²) in [5.41, 5.74) is 2.70. The van der Waals surface area contributed by atoms with E-state index >= 15 is 0 Å². The molecule has 112 valence electrons. The predicted octanol–water partition coefficient (Wildman–Crippen LogP) is 3.80. The maximum absolute atomic E-state index is 13.7. The average molecular weight is 300 g/mol. The monoisotopic (exact) mass is 300 g/mol. The van der Waals surface area contributed by atoms with Gasteiger partial charge in [0.1, 0.15) is 5.82 Å². The van der Waals surface area contributed by atoms with Crippen molar-refractivity contribution in [2.75, 3.05) is 0 Å². The zero-order valence-electron chi connectivity index (χ0n) is 12.1. The quantitative estimate of drug-likeness (QED) is 0.723. The van der Waals surface area contributed by atoms with E-state index in [2.05, 4.69) is 15.2 Å². The van der Waals surface area contributed by atoms with Gasteiger partial charge in [-0.25, -0.2) is 13.8 Å². The Bertz CT molecular complexity index is 868. The van der Waals surface area contributed by atoms with Gasteiger partial charge in [0, 0.05) is 23.7 Å². The van der Waals surface area contributed by atoms with Gasteiger partial charge in [-0.1, -0.05) is 0 Å². The summed E-state index contributed by atoms with van der Waals surface area (Å²) in [6.07, 6.45) is 4.82. The van der Waals surface area contributed by atoms with Crippen LogP contribution in [0, 0.1) is 18.6 Å². The third-order valence-electron chi connectivity index (χ3n) is 4.21. The Kier molecular flexibility index (Phi) is 2.92. The lowest BCUT2D eigenvalue weighted by Crippen LogP contribution is -2.18. The second kappa shape index (κ2) is 4.83.